The number of allylic oxidation sites excluding steroid dienone is 10. The molecule has 6 heteroatoms. The molecule has 1 aromatic heterocycles. The van der Waals surface area contributed by atoms with Gasteiger partial charge in [-0.15, -0.1) is 11.3 Å². The van der Waals surface area contributed by atoms with E-state index in [1.165, 1.54) is 16.1 Å². The predicted octanol–water partition coefficient (Wildman–Crippen LogP) is 6.95. The van der Waals surface area contributed by atoms with Crippen molar-refractivity contribution in [3.8, 4) is 0 Å². The van der Waals surface area contributed by atoms with Gasteiger partial charge in [-0.2, -0.15) is 0 Å². The Morgan fingerprint density at radius 2 is 1.86 bits per heavy atom. The van der Waals surface area contributed by atoms with Crippen LogP contribution in [0.5, 0.6) is 0 Å². The van der Waals surface area contributed by atoms with Crippen molar-refractivity contribution >= 4 is 28.8 Å². The molecule has 0 aliphatic carbocycles. The van der Waals surface area contributed by atoms with Crippen LogP contribution in [-0.4, -0.2) is 41.8 Å². The van der Waals surface area contributed by atoms with Gasteiger partial charge in [0, 0.05) is 54.8 Å². The number of halogens is 1. The SMILES string of the molecule is C=C/C=C(\C=C/C(=C)Cl)/N=C(N)/C=C/C/C(C)=C\C/C(=C\C=C)N1CCN(Cc2cccs2)CC1. The van der Waals surface area contributed by atoms with Crippen molar-refractivity contribution in [2.75, 3.05) is 26.2 Å². The number of piperazine rings is 1. The molecule has 186 valence electrons. The van der Waals surface area contributed by atoms with Crippen LogP contribution in [0.25, 0.3) is 0 Å². The van der Waals surface area contributed by atoms with Crippen LogP contribution in [0, 0.1) is 0 Å². The van der Waals surface area contributed by atoms with Gasteiger partial charge in [0.1, 0.15) is 5.84 Å². The van der Waals surface area contributed by atoms with Crippen LogP contribution in [0.3, 0.4) is 0 Å². The Labute approximate surface area is 220 Å². The van der Waals surface area contributed by atoms with E-state index in [9.17, 15) is 0 Å². The molecule has 1 fully saturated rings. The second-order valence-corrected chi connectivity index (χ2v) is 9.76. The first kappa shape index (κ1) is 28.4. The van der Waals surface area contributed by atoms with E-state index < -0.39 is 0 Å². The molecule has 2 N–H and O–H groups in total. The highest BCUT2D eigenvalue weighted by Gasteiger charge is 2.18. The first-order chi connectivity index (χ1) is 16.9. The van der Waals surface area contributed by atoms with Crippen molar-refractivity contribution in [2.45, 2.75) is 26.3 Å². The average Bonchev–Trinajstić information content (AvgIpc) is 3.34. The minimum absolute atomic E-state index is 0.420. The summed E-state index contributed by atoms with van der Waals surface area (Å²) in [6.45, 7) is 18.7. The Bertz CT molecular complexity index is 1020. The summed E-state index contributed by atoms with van der Waals surface area (Å²) in [6.07, 6.45) is 18.7. The molecule has 0 saturated carbocycles. The van der Waals surface area contributed by atoms with Crippen LogP contribution < -0.4 is 5.73 Å². The second-order valence-electron chi connectivity index (χ2n) is 8.24. The van der Waals surface area contributed by atoms with Gasteiger partial charge in [-0.3, -0.25) is 4.90 Å². The van der Waals surface area contributed by atoms with Crippen molar-refractivity contribution in [1.82, 2.24) is 9.80 Å². The number of thiophene rings is 1. The lowest BCUT2D eigenvalue weighted by molar-refractivity contribution is 0.152. The zero-order valence-corrected chi connectivity index (χ0v) is 22.3. The zero-order chi connectivity index (χ0) is 25.5. The van der Waals surface area contributed by atoms with E-state index in [4.69, 9.17) is 17.3 Å². The monoisotopic (exact) mass is 508 g/mol. The van der Waals surface area contributed by atoms with Crippen molar-refractivity contribution in [2.24, 2.45) is 10.7 Å². The fraction of sp³-hybridized carbons (Fsp3) is 0.276. The van der Waals surface area contributed by atoms with E-state index >= 15 is 0 Å². The highest BCUT2D eigenvalue weighted by Crippen LogP contribution is 2.18. The van der Waals surface area contributed by atoms with Crippen LogP contribution in [-0.2, 0) is 6.54 Å². The summed E-state index contributed by atoms with van der Waals surface area (Å²) in [4.78, 5) is 10.8. The molecule has 1 aliphatic heterocycles. The number of hydrogen-bond donors (Lipinski definition) is 1. The van der Waals surface area contributed by atoms with E-state index in [-0.39, 0.29) is 0 Å². The summed E-state index contributed by atoms with van der Waals surface area (Å²) < 4.78 is 0. The summed E-state index contributed by atoms with van der Waals surface area (Å²) in [6, 6.07) is 4.34. The number of nitrogens with two attached hydrogens (primary N) is 1. The Balaban J connectivity index is 1.88. The molecule has 2 heterocycles. The third-order valence-electron chi connectivity index (χ3n) is 5.42. The van der Waals surface area contributed by atoms with Gasteiger partial charge in [-0.05, 0) is 55.2 Å². The van der Waals surface area contributed by atoms with Crippen LogP contribution >= 0.6 is 22.9 Å². The lowest BCUT2D eigenvalue weighted by atomic mass is 10.1. The lowest BCUT2D eigenvalue weighted by Gasteiger charge is -2.37. The topological polar surface area (TPSA) is 44.9 Å². The Morgan fingerprint density at radius 3 is 2.49 bits per heavy atom. The summed E-state index contributed by atoms with van der Waals surface area (Å²) >= 11 is 7.62. The van der Waals surface area contributed by atoms with Gasteiger partial charge in [0.15, 0.2) is 0 Å². The normalized spacial score (nSPS) is 16.9. The molecule has 1 aliphatic rings. The standard InChI is InChI=1S/C29H37ClN4S/c1-5-9-26(16-15-25(4)30)32-29(31)13-7-11-24(3)14-17-27(10-6-2)34-20-18-33(19-21-34)23-28-12-8-22-35-28/h5-10,12-16,22H,1-2,4,11,17-21,23H2,3H3,(H2,31,32)/b13-7+,16-15-,24-14-,26-9+,27-10+. The van der Waals surface area contributed by atoms with Crippen LogP contribution in [0.1, 0.15) is 24.6 Å². The minimum atomic E-state index is 0.420. The molecule has 35 heavy (non-hydrogen) atoms. The maximum Gasteiger partial charge on any atom is 0.123 e. The third kappa shape index (κ3) is 11.4. The molecule has 1 aromatic rings. The maximum atomic E-state index is 6.06. The van der Waals surface area contributed by atoms with Crippen molar-refractivity contribution in [3.05, 3.63) is 119 Å². The van der Waals surface area contributed by atoms with Gasteiger partial charge < -0.3 is 10.6 Å². The van der Waals surface area contributed by atoms with E-state index in [1.807, 2.05) is 29.6 Å². The molecular formula is C29H37ClN4S. The number of aliphatic imine (C=N–C) groups is 1. The van der Waals surface area contributed by atoms with Crippen LogP contribution in [0.2, 0.25) is 0 Å². The third-order valence-corrected chi connectivity index (χ3v) is 6.41. The molecule has 4 nitrogen and oxygen atoms in total. The fourth-order valence-corrected chi connectivity index (χ4v) is 4.40. The number of rotatable bonds is 13. The van der Waals surface area contributed by atoms with E-state index in [0.29, 0.717) is 16.6 Å². The smallest absolute Gasteiger partial charge is 0.123 e. The molecule has 0 amide bonds. The Morgan fingerprint density at radius 1 is 1.11 bits per heavy atom. The molecule has 2 rings (SSSR count). The summed E-state index contributed by atoms with van der Waals surface area (Å²) in [5.74, 6) is 0.420. The molecule has 0 spiro atoms. The van der Waals surface area contributed by atoms with Crippen LogP contribution in [0.4, 0.5) is 0 Å². The van der Waals surface area contributed by atoms with Crippen molar-refractivity contribution in [3.63, 3.8) is 0 Å². The quantitative estimate of drug-likeness (QED) is 0.136. The Kier molecular flexibility index (Phi) is 12.9. The molecule has 0 bridgehead atoms. The summed E-state index contributed by atoms with van der Waals surface area (Å²) in [5, 5.41) is 2.58. The summed E-state index contributed by atoms with van der Waals surface area (Å²) in [5.41, 5.74) is 9.31. The fourth-order valence-electron chi connectivity index (χ4n) is 3.60. The highest BCUT2D eigenvalue weighted by atomic mass is 35.5. The predicted molar refractivity (Wildman–Crippen MR) is 156 cm³/mol. The summed E-state index contributed by atoms with van der Waals surface area (Å²) in [7, 11) is 0. The van der Waals surface area contributed by atoms with Gasteiger partial charge in [-0.25, -0.2) is 4.99 Å². The van der Waals surface area contributed by atoms with Crippen LogP contribution in [0.15, 0.2) is 119 Å². The van der Waals surface area contributed by atoms with Gasteiger partial charge in [-0.1, -0.05) is 67.3 Å². The highest BCUT2D eigenvalue weighted by molar-refractivity contribution is 7.09. The molecule has 1 saturated heterocycles. The number of nitrogens with zero attached hydrogens (tertiary/aromatic N) is 3. The molecule has 0 unspecified atom stereocenters. The largest absolute Gasteiger partial charge is 0.384 e. The number of amidine groups is 1. The zero-order valence-electron chi connectivity index (χ0n) is 20.7. The van der Waals surface area contributed by atoms with Gasteiger partial charge >= 0.3 is 0 Å². The Hall–Kier alpha value is -2.86. The van der Waals surface area contributed by atoms with Gasteiger partial charge in [0.05, 0.1) is 5.70 Å². The molecule has 0 aromatic carbocycles. The maximum absolute atomic E-state index is 6.06. The van der Waals surface area contributed by atoms with E-state index in [1.54, 1.807) is 24.3 Å². The van der Waals surface area contributed by atoms with Gasteiger partial charge in [0.25, 0.3) is 0 Å². The van der Waals surface area contributed by atoms with Crippen molar-refractivity contribution in [1.29, 1.82) is 0 Å². The van der Waals surface area contributed by atoms with E-state index in [0.717, 1.165) is 45.6 Å². The number of hydrogen-bond acceptors (Lipinski definition) is 4. The molecule has 0 atom stereocenters. The van der Waals surface area contributed by atoms with Crippen molar-refractivity contribution < 1.29 is 0 Å². The molecular weight excluding hydrogens is 472 g/mol. The van der Waals surface area contributed by atoms with Gasteiger partial charge in [0.2, 0.25) is 0 Å². The first-order valence-corrected chi connectivity index (χ1v) is 13.0. The molecule has 0 radical (unpaired) electrons. The average molecular weight is 509 g/mol. The lowest BCUT2D eigenvalue weighted by Crippen LogP contribution is -2.45. The first-order valence-electron chi connectivity index (χ1n) is 11.7. The minimum Gasteiger partial charge on any atom is -0.384 e. The van der Waals surface area contributed by atoms with E-state index in [2.05, 4.69) is 71.1 Å². The second kappa shape index (κ2) is 15.9.